The molecular weight excluding hydrogens is 326 g/mol. The molecule has 1 aromatic carbocycles. The van der Waals surface area contributed by atoms with Gasteiger partial charge in [0.05, 0.1) is 6.04 Å². The minimum absolute atomic E-state index is 0.0993. The lowest BCUT2D eigenvalue weighted by Gasteiger charge is -2.19. The van der Waals surface area contributed by atoms with Gasteiger partial charge in [0.15, 0.2) is 6.04 Å². The zero-order valence-corrected chi connectivity index (χ0v) is 13.8. The molecule has 0 bridgehead atoms. The summed E-state index contributed by atoms with van der Waals surface area (Å²) in [7, 11) is 0. The van der Waals surface area contributed by atoms with Gasteiger partial charge in [-0.05, 0) is 31.0 Å². The lowest BCUT2D eigenvalue weighted by Crippen LogP contribution is -2.55. The van der Waals surface area contributed by atoms with E-state index in [0.717, 1.165) is 17.7 Å². The fourth-order valence-electron chi connectivity index (χ4n) is 2.60. The summed E-state index contributed by atoms with van der Waals surface area (Å²) in [6.07, 6.45) is 1.40. The molecule has 134 valence electrons. The Hall–Kier alpha value is -3.10. The Kier molecular flexibility index (Phi) is 5.58. The molecule has 1 aliphatic rings. The highest BCUT2D eigenvalue weighted by atomic mass is 16.2. The number of urea groups is 1. The van der Waals surface area contributed by atoms with Crippen LogP contribution < -0.4 is 27.0 Å². The SMILES string of the molecule is C[C@H](NC(=O)NC(C(N)=O)C(N)=O)c1ccc(N2CCCC2=O)cc1. The van der Waals surface area contributed by atoms with E-state index < -0.39 is 29.9 Å². The molecule has 0 aliphatic carbocycles. The molecule has 0 spiro atoms. The molecule has 0 saturated carbocycles. The zero-order chi connectivity index (χ0) is 18.6. The van der Waals surface area contributed by atoms with Crippen molar-refractivity contribution in [3.8, 4) is 0 Å². The molecule has 1 saturated heterocycles. The number of hydrogen-bond donors (Lipinski definition) is 4. The van der Waals surface area contributed by atoms with Crippen LogP contribution in [0, 0.1) is 0 Å². The molecule has 9 nitrogen and oxygen atoms in total. The highest BCUT2D eigenvalue weighted by Crippen LogP contribution is 2.23. The van der Waals surface area contributed by atoms with Gasteiger partial charge in [-0.1, -0.05) is 12.1 Å². The predicted octanol–water partition coefficient (Wildman–Crippen LogP) is -0.487. The van der Waals surface area contributed by atoms with Crippen LogP contribution >= 0.6 is 0 Å². The number of anilines is 1. The van der Waals surface area contributed by atoms with Crippen LogP contribution in [0.15, 0.2) is 24.3 Å². The first-order valence-corrected chi connectivity index (χ1v) is 7.85. The molecule has 1 aromatic rings. The molecule has 0 radical (unpaired) electrons. The predicted molar refractivity (Wildman–Crippen MR) is 90.3 cm³/mol. The van der Waals surface area contributed by atoms with Gasteiger partial charge in [0, 0.05) is 18.7 Å². The average molecular weight is 347 g/mol. The number of primary amides is 2. The molecule has 1 atom stereocenters. The molecule has 6 N–H and O–H groups in total. The van der Waals surface area contributed by atoms with Gasteiger partial charge in [-0.2, -0.15) is 0 Å². The number of nitrogens with one attached hydrogen (secondary N) is 2. The summed E-state index contributed by atoms with van der Waals surface area (Å²) in [6, 6.07) is 4.50. The van der Waals surface area contributed by atoms with Gasteiger partial charge in [0.25, 0.3) is 0 Å². The molecule has 1 aliphatic heterocycles. The van der Waals surface area contributed by atoms with Gasteiger partial charge in [-0.3, -0.25) is 14.4 Å². The lowest BCUT2D eigenvalue weighted by atomic mass is 10.1. The quantitative estimate of drug-likeness (QED) is 0.514. The van der Waals surface area contributed by atoms with Crippen LogP contribution in [0.1, 0.15) is 31.4 Å². The Morgan fingerprint density at radius 1 is 1.08 bits per heavy atom. The first-order chi connectivity index (χ1) is 11.8. The largest absolute Gasteiger partial charge is 0.367 e. The second-order valence-corrected chi connectivity index (χ2v) is 5.82. The van der Waals surface area contributed by atoms with E-state index in [4.69, 9.17) is 11.5 Å². The molecule has 9 heteroatoms. The first kappa shape index (κ1) is 18.2. The van der Waals surface area contributed by atoms with Gasteiger partial charge >= 0.3 is 6.03 Å². The van der Waals surface area contributed by atoms with Gasteiger partial charge in [-0.25, -0.2) is 4.79 Å². The third kappa shape index (κ3) is 4.46. The first-order valence-electron chi connectivity index (χ1n) is 7.85. The van der Waals surface area contributed by atoms with Crippen molar-refractivity contribution in [2.75, 3.05) is 11.4 Å². The second kappa shape index (κ2) is 7.65. The van der Waals surface area contributed by atoms with E-state index in [9.17, 15) is 19.2 Å². The number of carbonyl (C=O) groups excluding carboxylic acids is 4. The smallest absolute Gasteiger partial charge is 0.316 e. The number of nitrogens with zero attached hydrogens (tertiary/aromatic N) is 1. The summed E-state index contributed by atoms with van der Waals surface area (Å²) in [5, 5.41) is 4.71. The number of hydrogen-bond acceptors (Lipinski definition) is 4. The summed E-state index contributed by atoms with van der Waals surface area (Å²) < 4.78 is 0. The monoisotopic (exact) mass is 347 g/mol. The van der Waals surface area contributed by atoms with Crippen LogP contribution in [0.5, 0.6) is 0 Å². The zero-order valence-electron chi connectivity index (χ0n) is 13.8. The van der Waals surface area contributed by atoms with Crippen molar-refractivity contribution in [1.82, 2.24) is 10.6 Å². The van der Waals surface area contributed by atoms with E-state index in [1.807, 2.05) is 12.1 Å². The minimum Gasteiger partial charge on any atom is -0.367 e. The van der Waals surface area contributed by atoms with Crippen LogP contribution in [0.4, 0.5) is 10.5 Å². The van der Waals surface area contributed by atoms with Crippen molar-refractivity contribution >= 4 is 29.4 Å². The summed E-state index contributed by atoms with van der Waals surface area (Å²) in [6.45, 7) is 2.44. The van der Waals surface area contributed by atoms with E-state index in [1.165, 1.54) is 0 Å². The third-order valence-electron chi connectivity index (χ3n) is 3.97. The molecule has 2 rings (SSSR count). The summed E-state index contributed by atoms with van der Waals surface area (Å²) in [4.78, 5) is 47.5. The summed E-state index contributed by atoms with van der Waals surface area (Å²) in [5.74, 6) is -1.97. The van der Waals surface area contributed by atoms with E-state index in [0.29, 0.717) is 13.0 Å². The molecule has 5 amide bonds. The maximum atomic E-state index is 11.9. The summed E-state index contributed by atoms with van der Waals surface area (Å²) in [5.41, 5.74) is 11.6. The number of rotatable bonds is 6. The Bertz CT molecular complexity index is 674. The fourth-order valence-corrected chi connectivity index (χ4v) is 2.60. The maximum absolute atomic E-state index is 11.9. The van der Waals surface area contributed by atoms with E-state index in [-0.39, 0.29) is 5.91 Å². The maximum Gasteiger partial charge on any atom is 0.316 e. The van der Waals surface area contributed by atoms with Crippen molar-refractivity contribution < 1.29 is 19.2 Å². The number of carbonyl (C=O) groups is 4. The number of nitrogens with two attached hydrogens (primary N) is 2. The van der Waals surface area contributed by atoms with Crippen molar-refractivity contribution in [3.05, 3.63) is 29.8 Å². The van der Waals surface area contributed by atoms with Crippen LogP contribution in [0.25, 0.3) is 0 Å². The van der Waals surface area contributed by atoms with Gasteiger partial charge in [0.2, 0.25) is 17.7 Å². The van der Waals surface area contributed by atoms with Crippen LogP contribution in [0.3, 0.4) is 0 Å². The van der Waals surface area contributed by atoms with Crippen molar-refractivity contribution in [2.45, 2.75) is 31.8 Å². The lowest BCUT2D eigenvalue weighted by molar-refractivity contribution is -0.128. The average Bonchev–Trinajstić information content (AvgIpc) is 2.98. The number of benzene rings is 1. The minimum atomic E-state index is -1.57. The Balaban J connectivity index is 1.97. The van der Waals surface area contributed by atoms with Gasteiger partial charge in [-0.15, -0.1) is 0 Å². The fraction of sp³-hybridized carbons (Fsp3) is 0.375. The molecule has 1 heterocycles. The van der Waals surface area contributed by atoms with Crippen LogP contribution in [-0.4, -0.2) is 36.3 Å². The molecule has 25 heavy (non-hydrogen) atoms. The van der Waals surface area contributed by atoms with E-state index in [2.05, 4.69) is 10.6 Å². The van der Waals surface area contributed by atoms with E-state index in [1.54, 1.807) is 24.0 Å². The molecule has 1 fully saturated rings. The second-order valence-electron chi connectivity index (χ2n) is 5.82. The Morgan fingerprint density at radius 2 is 1.68 bits per heavy atom. The van der Waals surface area contributed by atoms with Crippen molar-refractivity contribution in [3.63, 3.8) is 0 Å². The molecule has 0 unspecified atom stereocenters. The van der Waals surface area contributed by atoms with Crippen LogP contribution in [-0.2, 0) is 14.4 Å². The van der Waals surface area contributed by atoms with Gasteiger partial charge in [0.1, 0.15) is 0 Å². The van der Waals surface area contributed by atoms with E-state index >= 15 is 0 Å². The van der Waals surface area contributed by atoms with Crippen molar-refractivity contribution in [1.29, 1.82) is 0 Å². The topological polar surface area (TPSA) is 148 Å². The molecule has 0 aromatic heterocycles. The summed E-state index contributed by atoms with van der Waals surface area (Å²) >= 11 is 0. The van der Waals surface area contributed by atoms with Crippen molar-refractivity contribution in [2.24, 2.45) is 11.5 Å². The standard InChI is InChI=1S/C16H21N5O4/c1-9(19-16(25)20-13(14(17)23)15(18)24)10-4-6-11(7-5-10)21-8-2-3-12(21)22/h4-7,9,13H,2-3,8H2,1H3,(H2,17,23)(H2,18,24)(H2,19,20,25)/t9-/m0/s1. The van der Waals surface area contributed by atoms with Crippen LogP contribution in [0.2, 0.25) is 0 Å². The molecular formula is C16H21N5O4. The highest BCUT2D eigenvalue weighted by molar-refractivity contribution is 6.05. The number of amides is 5. The Morgan fingerprint density at radius 3 is 2.16 bits per heavy atom. The third-order valence-corrected chi connectivity index (χ3v) is 3.97. The highest BCUT2D eigenvalue weighted by Gasteiger charge is 2.25. The Labute approximate surface area is 144 Å². The normalized spacial score (nSPS) is 15.1. The van der Waals surface area contributed by atoms with Gasteiger partial charge < -0.3 is 27.0 Å².